The number of ether oxygens (including phenoxy) is 2. The van der Waals surface area contributed by atoms with Gasteiger partial charge in [0.25, 0.3) is 0 Å². The number of carbonyl (C=O) groups excluding carboxylic acids is 1. The second-order valence-electron chi connectivity index (χ2n) is 3.77. The molecule has 1 aliphatic rings. The molecule has 0 aromatic rings. The van der Waals surface area contributed by atoms with Crippen molar-refractivity contribution in [1.29, 1.82) is 0 Å². The van der Waals surface area contributed by atoms with Crippen LogP contribution in [0.3, 0.4) is 0 Å². The predicted molar refractivity (Wildman–Crippen MR) is 62.5 cm³/mol. The third kappa shape index (κ3) is 3.08. The molecule has 0 saturated carbocycles. The number of nitrogens with zero attached hydrogens (tertiary/aromatic N) is 1. The molecule has 0 fully saturated rings. The molecule has 16 heavy (non-hydrogen) atoms. The molecule has 2 unspecified atom stereocenters. The normalized spacial score (nSPS) is 22.9. The monoisotopic (exact) mass is 225 g/mol. The molecular formula is C12H19NO3. The highest BCUT2D eigenvalue weighted by Crippen LogP contribution is 2.22. The lowest BCUT2D eigenvalue weighted by molar-refractivity contribution is -0.145. The molecule has 0 amide bonds. The quantitative estimate of drug-likeness (QED) is 0.513. The Kier molecular flexibility index (Phi) is 5.02. The zero-order valence-corrected chi connectivity index (χ0v) is 9.94. The van der Waals surface area contributed by atoms with Crippen LogP contribution in [0.5, 0.6) is 0 Å². The Morgan fingerprint density at radius 2 is 2.31 bits per heavy atom. The van der Waals surface area contributed by atoms with Crippen molar-refractivity contribution in [2.75, 3.05) is 6.61 Å². The van der Waals surface area contributed by atoms with Gasteiger partial charge in [0.05, 0.1) is 6.61 Å². The van der Waals surface area contributed by atoms with Crippen LogP contribution in [0.2, 0.25) is 0 Å². The van der Waals surface area contributed by atoms with Gasteiger partial charge >= 0.3 is 5.97 Å². The molecule has 0 saturated heterocycles. The summed E-state index contributed by atoms with van der Waals surface area (Å²) in [4.78, 5) is 15.6. The van der Waals surface area contributed by atoms with Gasteiger partial charge in [0.15, 0.2) is 18.5 Å². The Bertz CT molecular complexity index is 286. The van der Waals surface area contributed by atoms with Gasteiger partial charge in [-0.3, -0.25) is 0 Å². The number of esters is 1. The molecule has 0 bridgehead atoms. The van der Waals surface area contributed by atoms with E-state index >= 15 is 0 Å². The Labute approximate surface area is 96.3 Å². The summed E-state index contributed by atoms with van der Waals surface area (Å²) in [5.74, 6) is -0.334. The highest BCUT2D eigenvalue weighted by atomic mass is 16.5. The van der Waals surface area contributed by atoms with Crippen LogP contribution in [-0.4, -0.2) is 31.1 Å². The molecular weight excluding hydrogens is 206 g/mol. The van der Waals surface area contributed by atoms with Crippen molar-refractivity contribution in [3.8, 4) is 0 Å². The summed E-state index contributed by atoms with van der Waals surface area (Å²) in [6, 6.07) is -0.565. The fourth-order valence-corrected chi connectivity index (χ4v) is 1.60. The molecule has 1 aliphatic heterocycles. The molecule has 90 valence electrons. The first-order chi connectivity index (χ1) is 7.70. The second-order valence-corrected chi connectivity index (χ2v) is 3.77. The summed E-state index contributed by atoms with van der Waals surface area (Å²) in [5.41, 5.74) is 0.914. The van der Waals surface area contributed by atoms with Gasteiger partial charge in [-0.05, 0) is 25.3 Å². The fraction of sp³-hybridized carbons (Fsp3) is 0.667. The molecule has 1 rings (SSSR count). The summed E-state index contributed by atoms with van der Waals surface area (Å²) in [7, 11) is 0. The number of hydrogen-bond donors (Lipinski definition) is 0. The Morgan fingerprint density at radius 1 is 1.56 bits per heavy atom. The van der Waals surface area contributed by atoms with E-state index in [1.165, 1.54) is 6.40 Å². The summed E-state index contributed by atoms with van der Waals surface area (Å²) in [6.45, 7) is 8.20. The van der Waals surface area contributed by atoms with Gasteiger partial charge in [-0.2, -0.15) is 0 Å². The van der Waals surface area contributed by atoms with Gasteiger partial charge in [-0.1, -0.05) is 19.9 Å². The van der Waals surface area contributed by atoms with Crippen molar-refractivity contribution < 1.29 is 14.3 Å². The number of aliphatic imine (C=N–C) groups is 1. The third-order valence-corrected chi connectivity index (χ3v) is 2.50. The Hall–Kier alpha value is -1.32. The van der Waals surface area contributed by atoms with Crippen LogP contribution in [-0.2, 0) is 14.3 Å². The predicted octanol–water partition coefficient (Wildman–Crippen LogP) is 2.09. The maximum atomic E-state index is 11.6. The van der Waals surface area contributed by atoms with Crippen molar-refractivity contribution in [3.63, 3.8) is 0 Å². The van der Waals surface area contributed by atoms with Crippen molar-refractivity contribution in [2.45, 2.75) is 45.3 Å². The highest BCUT2D eigenvalue weighted by Gasteiger charge is 2.35. The van der Waals surface area contributed by atoms with E-state index in [1.54, 1.807) is 6.92 Å². The van der Waals surface area contributed by atoms with Gasteiger partial charge in [-0.15, -0.1) is 0 Å². The van der Waals surface area contributed by atoms with Crippen molar-refractivity contribution in [3.05, 3.63) is 12.2 Å². The maximum absolute atomic E-state index is 11.6. The van der Waals surface area contributed by atoms with Crippen LogP contribution in [0.15, 0.2) is 17.1 Å². The minimum Gasteiger partial charge on any atom is -0.473 e. The molecule has 4 nitrogen and oxygen atoms in total. The topological polar surface area (TPSA) is 47.9 Å². The standard InChI is InChI=1S/C12H19NO3/c1-4-6-7-9(3)11-10(13-8-16-11)12(14)15-5-2/h8,10-11H,3-7H2,1-2H3. The van der Waals surface area contributed by atoms with E-state index in [1.807, 2.05) is 0 Å². The number of unbranched alkanes of at least 4 members (excludes halogenated alkanes) is 1. The fourth-order valence-electron chi connectivity index (χ4n) is 1.60. The van der Waals surface area contributed by atoms with Crippen LogP contribution in [0.1, 0.15) is 33.1 Å². The van der Waals surface area contributed by atoms with E-state index in [0.717, 1.165) is 24.8 Å². The number of hydrogen-bond acceptors (Lipinski definition) is 4. The first-order valence-corrected chi connectivity index (χ1v) is 5.72. The first-order valence-electron chi connectivity index (χ1n) is 5.72. The largest absolute Gasteiger partial charge is 0.473 e. The summed E-state index contributed by atoms with van der Waals surface area (Å²) >= 11 is 0. The Balaban J connectivity index is 2.53. The lowest BCUT2D eigenvalue weighted by Crippen LogP contribution is -2.33. The summed E-state index contributed by atoms with van der Waals surface area (Å²) in [6.07, 6.45) is 3.99. The van der Waals surface area contributed by atoms with Crippen LogP contribution in [0.25, 0.3) is 0 Å². The molecule has 1 heterocycles. The van der Waals surface area contributed by atoms with Gasteiger partial charge in [0.1, 0.15) is 0 Å². The summed E-state index contributed by atoms with van der Waals surface area (Å²) in [5, 5.41) is 0. The van der Waals surface area contributed by atoms with Gasteiger partial charge in [0.2, 0.25) is 0 Å². The molecule has 2 atom stereocenters. The van der Waals surface area contributed by atoms with E-state index in [4.69, 9.17) is 9.47 Å². The zero-order valence-electron chi connectivity index (χ0n) is 9.94. The minimum absolute atomic E-state index is 0.334. The van der Waals surface area contributed by atoms with Crippen LogP contribution in [0, 0.1) is 0 Å². The molecule has 0 aromatic heterocycles. The zero-order chi connectivity index (χ0) is 12.0. The SMILES string of the molecule is C=C(CCCC)C1OC=NC1C(=O)OCC. The molecule has 0 radical (unpaired) electrons. The van der Waals surface area contributed by atoms with Gasteiger partial charge in [0, 0.05) is 0 Å². The average molecular weight is 225 g/mol. The molecule has 0 aliphatic carbocycles. The third-order valence-electron chi connectivity index (χ3n) is 2.50. The van der Waals surface area contributed by atoms with Gasteiger partial charge < -0.3 is 9.47 Å². The Morgan fingerprint density at radius 3 is 2.94 bits per heavy atom. The highest BCUT2D eigenvalue weighted by molar-refractivity contribution is 5.80. The van der Waals surface area contributed by atoms with E-state index in [2.05, 4.69) is 18.5 Å². The number of carbonyl (C=O) groups is 1. The smallest absolute Gasteiger partial charge is 0.335 e. The van der Waals surface area contributed by atoms with Crippen molar-refractivity contribution >= 4 is 12.4 Å². The van der Waals surface area contributed by atoms with Crippen LogP contribution < -0.4 is 0 Å². The second kappa shape index (κ2) is 6.30. The maximum Gasteiger partial charge on any atom is 0.335 e. The van der Waals surface area contributed by atoms with Gasteiger partial charge in [-0.25, -0.2) is 9.79 Å². The average Bonchev–Trinajstić information content (AvgIpc) is 2.75. The van der Waals surface area contributed by atoms with Crippen molar-refractivity contribution in [1.82, 2.24) is 0 Å². The molecule has 0 aromatic carbocycles. The summed E-state index contributed by atoms with van der Waals surface area (Å²) < 4.78 is 10.2. The lowest BCUT2D eigenvalue weighted by Gasteiger charge is -2.18. The van der Waals surface area contributed by atoms with Crippen LogP contribution in [0.4, 0.5) is 0 Å². The van der Waals surface area contributed by atoms with Crippen molar-refractivity contribution in [2.24, 2.45) is 4.99 Å². The number of rotatable bonds is 6. The van der Waals surface area contributed by atoms with Crippen LogP contribution >= 0.6 is 0 Å². The van der Waals surface area contributed by atoms with E-state index in [0.29, 0.717) is 6.61 Å². The molecule has 0 spiro atoms. The van der Waals surface area contributed by atoms with E-state index < -0.39 is 6.04 Å². The first kappa shape index (κ1) is 12.7. The lowest BCUT2D eigenvalue weighted by atomic mass is 10.00. The minimum atomic E-state index is -0.565. The molecule has 4 heteroatoms. The molecule has 0 N–H and O–H groups in total. The van der Waals surface area contributed by atoms with E-state index in [-0.39, 0.29) is 12.1 Å². The van der Waals surface area contributed by atoms with E-state index in [9.17, 15) is 4.79 Å².